The van der Waals surface area contributed by atoms with Gasteiger partial charge < -0.3 is 10.4 Å². The first-order valence-corrected chi connectivity index (χ1v) is 7.78. The minimum atomic E-state index is 0.372. The largest absolute Gasteiger partial charge is 0.396 e. The molecule has 19 heavy (non-hydrogen) atoms. The van der Waals surface area contributed by atoms with E-state index < -0.39 is 0 Å². The van der Waals surface area contributed by atoms with Crippen LogP contribution in [0.4, 0.5) is 0 Å². The molecule has 0 radical (unpaired) electrons. The molecule has 2 atom stereocenters. The molecule has 1 aromatic rings. The lowest BCUT2D eigenvalue weighted by atomic mass is 9.79. The topological polar surface area (TPSA) is 32.3 Å². The fourth-order valence-electron chi connectivity index (χ4n) is 3.81. The number of aliphatic hydroxyl groups excluding tert-OH is 1. The van der Waals surface area contributed by atoms with Crippen molar-refractivity contribution in [2.24, 2.45) is 11.8 Å². The molecule has 0 amide bonds. The minimum Gasteiger partial charge on any atom is -0.396 e. The lowest BCUT2D eigenvalue weighted by Crippen LogP contribution is -2.38. The predicted molar refractivity (Wildman–Crippen MR) is 78.2 cm³/mol. The molecule has 104 valence electrons. The fraction of sp³-hybridized carbons (Fsp3) is 0.647. The molecule has 2 aliphatic rings. The third-order valence-corrected chi connectivity index (χ3v) is 5.02. The second-order valence-corrected chi connectivity index (χ2v) is 6.27. The van der Waals surface area contributed by atoms with Crippen molar-refractivity contribution in [1.82, 2.24) is 5.32 Å². The zero-order valence-electron chi connectivity index (χ0n) is 11.6. The van der Waals surface area contributed by atoms with Gasteiger partial charge in [0, 0.05) is 12.6 Å². The highest BCUT2D eigenvalue weighted by molar-refractivity contribution is 5.33. The van der Waals surface area contributed by atoms with Crippen LogP contribution in [-0.4, -0.2) is 24.3 Å². The summed E-state index contributed by atoms with van der Waals surface area (Å²) in [6.07, 6.45) is 7.50. The Morgan fingerprint density at radius 3 is 2.26 bits per heavy atom. The van der Waals surface area contributed by atoms with Crippen molar-refractivity contribution in [3.05, 3.63) is 35.4 Å². The van der Waals surface area contributed by atoms with Crippen molar-refractivity contribution < 1.29 is 5.11 Å². The summed E-state index contributed by atoms with van der Waals surface area (Å²) in [5.74, 6) is 1.22. The first kappa shape index (κ1) is 13.1. The number of rotatable bonds is 4. The molecule has 3 rings (SSSR count). The molecule has 0 aliphatic heterocycles. The van der Waals surface area contributed by atoms with Gasteiger partial charge in [0.15, 0.2) is 0 Å². The maximum atomic E-state index is 9.47. The predicted octanol–water partition coefficient (Wildman–Crippen LogP) is 2.54. The van der Waals surface area contributed by atoms with Crippen molar-refractivity contribution >= 4 is 0 Å². The number of nitrogens with one attached hydrogen (secondary N) is 1. The summed E-state index contributed by atoms with van der Waals surface area (Å²) < 4.78 is 0. The van der Waals surface area contributed by atoms with Gasteiger partial charge in [0.1, 0.15) is 0 Å². The molecule has 0 spiro atoms. The van der Waals surface area contributed by atoms with Gasteiger partial charge in [0.05, 0.1) is 0 Å². The Kier molecular flexibility index (Phi) is 4.19. The van der Waals surface area contributed by atoms with Crippen LogP contribution in [-0.2, 0) is 12.8 Å². The van der Waals surface area contributed by atoms with E-state index in [1.807, 2.05) is 0 Å². The average Bonchev–Trinajstić information content (AvgIpc) is 2.88. The Morgan fingerprint density at radius 2 is 1.63 bits per heavy atom. The molecule has 2 heteroatoms. The molecule has 0 saturated heterocycles. The molecule has 0 bridgehead atoms. The van der Waals surface area contributed by atoms with Crippen LogP contribution >= 0.6 is 0 Å². The van der Waals surface area contributed by atoms with Crippen molar-refractivity contribution in [3.63, 3.8) is 0 Å². The van der Waals surface area contributed by atoms with E-state index in [0.29, 0.717) is 24.5 Å². The lowest BCUT2D eigenvalue weighted by Gasteiger charge is -2.31. The zero-order chi connectivity index (χ0) is 13.1. The van der Waals surface area contributed by atoms with Crippen LogP contribution in [0, 0.1) is 11.8 Å². The number of aliphatic hydroxyl groups is 1. The second kappa shape index (κ2) is 6.06. The van der Waals surface area contributed by atoms with Gasteiger partial charge in [-0.15, -0.1) is 0 Å². The van der Waals surface area contributed by atoms with Gasteiger partial charge >= 0.3 is 0 Å². The Morgan fingerprint density at radius 1 is 1.00 bits per heavy atom. The molecule has 2 aliphatic carbocycles. The maximum absolute atomic E-state index is 9.47. The van der Waals surface area contributed by atoms with Crippen LogP contribution < -0.4 is 5.32 Å². The van der Waals surface area contributed by atoms with Crippen LogP contribution in [0.15, 0.2) is 24.3 Å². The van der Waals surface area contributed by atoms with Gasteiger partial charge in [-0.05, 0) is 55.2 Å². The summed E-state index contributed by atoms with van der Waals surface area (Å²) in [5, 5.41) is 13.2. The van der Waals surface area contributed by atoms with E-state index in [2.05, 4.69) is 29.6 Å². The average molecular weight is 259 g/mol. The summed E-state index contributed by atoms with van der Waals surface area (Å²) in [6.45, 7) is 1.46. The molecule has 1 aromatic carbocycles. The highest BCUT2D eigenvalue weighted by Crippen LogP contribution is 2.30. The highest BCUT2D eigenvalue weighted by Gasteiger charge is 2.26. The van der Waals surface area contributed by atoms with Crippen LogP contribution in [0.25, 0.3) is 0 Å². The summed E-state index contributed by atoms with van der Waals surface area (Å²) in [5.41, 5.74) is 3.03. The van der Waals surface area contributed by atoms with E-state index in [9.17, 15) is 5.11 Å². The number of fused-ring (bicyclic) bond motifs is 1. The molecule has 1 fully saturated rings. The molecule has 1 saturated carbocycles. The standard InChI is InChI=1S/C17H25NO/c19-12-16-8-4-3-7-15(16)11-18-17-9-13-5-1-2-6-14(13)10-17/h1-2,5-6,15-19H,3-4,7-12H2. The number of hydrogen-bond donors (Lipinski definition) is 2. The fourth-order valence-corrected chi connectivity index (χ4v) is 3.81. The van der Waals surface area contributed by atoms with E-state index >= 15 is 0 Å². The van der Waals surface area contributed by atoms with Crippen molar-refractivity contribution in [1.29, 1.82) is 0 Å². The van der Waals surface area contributed by atoms with Gasteiger partial charge in [-0.2, -0.15) is 0 Å². The smallest absolute Gasteiger partial charge is 0.0462 e. The van der Waals surface area contributed by atoms with Gasteiger partial charge in [-0.25, -0.2) is 0 Å². The summed E-state index contributed by atoms with van der Waals surface area (Å²) >= 11 is 0. The molecule has 2 unspecified atom stereocenters. The lowest BCUT2D eigenvalue weighted by molar-refractivity contribution is 0.131. The van der Waals surface area contributed by atoms with Crippen LogP contribution in [0.5, 0.6) is 0 Å². The quantitative estimate of drug-likeness (QED) is 0.871. The summed E-state index contributed by atoms with van der Waals surface area (Å²) in [4.78, 5) is 0. The van der Waals surface area contributed by atoms with Crippen LogP contribution in [0.2, 0.25) is 0 Å². The van der Waals surface area contributed by atoms with Crippen molar-refractivity contribution in [2.75, 3.05) is 13.2 Å². The van der Waals surface area contributed by atoms with Crippen molar-refractivity contribution in [2.45, 2.75) is 44.6 Å². The number of benzene rings is 1. The summed E-state index contributed by atoms with van der Waals surface area (Å²) in [6, 6.07) is 9.41. The molecule has 2 nitrogen and oxygen atoms in total. The third-order valence-electron chi connectivity index (χ3n) is 5.02. The molecule has 0 aromatic heterocycles. The van der Waals surface area contributed by atoms with Gasteiger partial charge in [0.25, 0.3) is 0 Å². The van der Waals surface area contributed by atoms with Crippen LogP contribution in [0.3, 0.4) is 0 Å². The van der Waals surface area contributed by atoms with E-state index in [-0.39, 0.29) is 0 Å². The monoisotopic (exact) mass is 259 g/mol. The zero-order valence-corrected chi connectivity index (χ0v) is 11.6. The molecular weight excluding hydrogens is 234 g/mol. The minimum absolute atomic E-state index is 0.372. The highest BCUT2D eigenvalue weighted by atomic mass is 16.3. The molecule has 2 N–H and O–H groups in total. The molecular formula is C17H25NO. The Bertz CT molecular complexity index is 392. The Labute approximate surface area is 116 Å². The number of hydrogen-bond acceptors (Lipinski definition) is 2. The summed E-state index contributed by atoms with van der Waals surface area (Å²) in [7, 11) is 0. The van der Waals surface area contributed by atoms with E-state index in [4.69, 9.17) is 0 Å². The van der Waals surface area contributed by atoms with E-state index in [1.54, 1.807) is 0 Å². The third kappa shape index (κ3) is 3.01. The maximum Gasteiger partial charge on any atom is 0.0462 e. The van der Waals surface area contributed by atoms with Crippen LogP contribution in [0.1, 0.15) is 36.8 Å². The molecule has 0 heterocycles. The Balaban J connectivity index is 1.51. The van der Waals surface area contributed by atoms with Gasteiger partial charge in [0.2, 0.25) is 0 Å². The first-order chi connectivity index (χ1) is 9.36. The van der Waals surface area contributed by atoms with E-state index in [0.717, 1.165) is 6.54 Å². The first-order valence-electron chi connectivity index (χ1n) is 7.78. The van der Waals surface area contributed by atoms with E-state index in [1.165, 1.54) is 49.7 Å². The Hall–Kier alpha value is -0.860. The van der Waals surface area contributed by atoms with Gasteiger partial charge in [-0.3, -0.25) is 0 Å². The normalized spacial score (nSPS) is 27.4. The SMILES string of the molecule is OCC1CCCCC1CNC1Cc2ccccc2C1. The van der Waals surface area contributed by atoms with Crippen molar-refractivity contribution in [3.8, 4) is 0 Å². The van der Waals surface area contributed by atoms with Gasteiger partial charge in [-0.1, -0.05) is 37.1 Å². The second-order valence-electron chi connectivity index (χ2n) is 6.27.